The van der Waals surface area contributed by atoms with Gasteiger partial charge in [-0.2, -0.15) is 13.2 Å². The lowest BCUT2D eigenvalue weighted by molar-refractivity contribution is -0.143. The van der Waals surface area contributed by atoms with E-state index in [1.165, 1.54) is 0 Å². The fourth-order valence-corrected chi connectivity index (χ4v) is 5.27. The van der Waals surface area contributed by atoms with Crippen LogP contribution in [0.3, 0.4) is 0 Å². The number of fused-ring (bicyclic) bond motifs is 2. The van der Waals surface area contributed by atoms with Gasteiger partial charge in [0.1, 0.15) is 0 Å². The van der Waals surface area contributed by atoms with E-state index in [0.29, 0.717) is 49.7 Å². The van der Waals surface area contributed by atoms with Crippen molar-refractivity contribution in [1.29, 1.82) is 0 Å². The number of carboxylic acids is 1. The van der Waals surface area contributed by atoms with Gasteiger partial charge in [0.05, 0.1) is 22.6 Å². The first-order chi connectivity index (χ1) is 17.7. The average molecular weight is 510 g/mol. The number of halogens is 3. The SMILES string of the molecule is O=C(NCC1CCC(C(=O)O)CC1)c1cc(C(F)(F)F)cc2ccn(Cc3cccc4cnccc34)c12. The van der Waals surface area contributed by atoms with Crippen molar-refractivity contribution in [2.45, 2.75) is 38.4 Å². The van der Waals surface area contributed by atoms with Gasteiger partial charge in [-0.15, -0.1) is 0 Å². The van der Waals surface area contributed by atoms with Crippen LogP contribution in [-0.4, -0.2) is 33.1 Å². The van der Waals surface area contributed by atoms with Gasteiger partial charge in [0, 0.05) is 42.5 Å². The number of aromatic nitrogens is 2. The molecule has 5 rings (SSSR count). The van der Waals surface area contributed by atoms with E-state index in [9.17, 15) is 27.9 Å². The number of hydrogen-bond acceptors (Lipinski definition) is 3. The second-order valence-corrected chi connectivity index (χ2v) is 9.68. The van der Waals surface area contributed by atoms with Crippen molar-refractivity contribution >= 4 is 33.6 Å². The maximum Gasteiger partial charge on any atom is 0.416 e. The monoisotopic (exact) mass is 509 g/mol. The first kappa shape index (κ1) is 24.8. The third-order valence-electron chi connectivity index (χ3n) is 7.29. The molecule has 6 nitrogen and oxygen atoms in total. The standard InChI is InChI=1S/C28H26F3N3O3/c29-28(30,31)22-12-19-9-11-34(16-21-3-1-2-20-15-32-10-8-23(20)21)25(19)24(13-22)26(35)33-14-17-4-6-18(7-5-17)27(36)37/h1-3,8-13,15,17-18H,4-7,14,16H2,(H,33,35)(H,36,37). The van der Waals surface area contributed by atoms with Crippen molar-refractivity contribution in [3.63, 3.8) is 0 Å². The normalized spacial score (nSPS) is 18.2. The highest BCUT2D eigenvalue weighted by Crippen LogP contribution is 2.35. The molecular formula is C28H26F3N3O3. The van der Waals surface area contributed by atoms with Crippen molar-refractivity contribution in [1.82, 2.24) is 14.9 Å². The van der Waals surface area contributed by atoms with Crippen molar-refractivity contribution in [2.24, 2.45) is 11.8 Å². The van der Waals surface area contributed by atoms with Gasteiger partial charge in [-0.1, -0.05) is 18.2 Å². The van der Waals surface area contributed by atoms with Crippen LogP contribution in [0.5, 0.6) is 0 Å². The summed E-state index contributed by atoms with van der Waals surface area (Å²) in [4.78, 5) is 28.6. The number of alkyl halides is 3. The Kier molecular flexibility index (Phi) is 6.62. The zero-order valence-electron chi connectivity index (χ0n) is 20.0. The minimum absolute atomic E-state index is 0.0315. The second-order valence-electron chi connectivity index (χ2n) is 9.68. The van der Waals surface area contributed by atoms with Gasteiger partial charge in [-0.3, -0.25) is 14.6 Å². The Hall–Kier alpha value is -3.88. The Bertz CT molecular complexity index is 1460. The van der Waals surface area contributed by atoms with Crippen LogP contribution in [0.2, 0.25) is 0 Å². The van der Waals surface area contributed by atoms with E-state index in [-0.39, 0.29) is 17.4 Å². The molecule has 0 spiro atoms. The van der Waals surface area contributed by atoms with Crippen LogP contribution in [0.25, 0.3) is 21.7 Å². The summed E-state index contributed by atoms with van der Waals surface area (Å²) in [6.07, 6.45) is 2.93. The largest absolute Gasteiger partial charge is 0.481 e. The Labute approximate surface area is 211 Å². The molecule has 192 valence electrons. The second kappa shape index (κ2) is 9.88. The summed E-state index contributed by atoms with van der Waals surface area (Å²) in [5, 5.41) is 14.3. The van der Waals surface area contributed by atoms with Crippen molar-refractivity contribution < 1.29 is 27.9 Å². The molecule has 2 aromatic heterocycles. The van der Waals surface area contributed by atoms with E-state index in [1.807, 2.05) is 24.3 Å². The molecule has 1 fully saturated rings. The topological polar surface area (TPSA) is 84.2 Å². The first-order valence-corrected chi connectivity index (χ1v) is 12.2. The fourth-order valence-electron chi connectivity index (χ4n) is 5.27. The molecule has 2 aromatic carbocycles. The molecule has 0 atom stereocenters. The predicted molar refractivity (Wildman–Crippen MR) is 133 cm³/mol. The highest BCUT2D eigenvalue weighted by molar-refractivity contribution is 6.06. The fraction of sp³-hybridized carbons (Fsp3) is 0.321. The van der Waals surface area contributed by atoms with E-state index in [0.717, 1.165) is 28.5 Å². The molecule has 2 N–H and O–H groups in total. The maximum atomic E-state index is 13.7. The summed E-state index contributed by atoms with van der Waals surface area (Å²) >= 11 is 0. The molecule has 0 bridgehead atoms. The molecule has 1 saturated carbocycles. The van der Waals surface area contributed by atoms with Gasteiger partial charge in [0.25, 0.3) is 5.91 Å². The average Bonchev–Trinajstić information content (AvgIpc) is 3.29. The van der Waals surface area contributed by atoms with Crippen LogP contribution in [0.4, 0.5) is 13.2 Å². The number of nitrogens with one attached hydrogen (secondary N) is 1. The van der Waals surface area contributed by atoms with Crippen LogP contribution in [0.1, 0.15) is 47.2 Å². The molecule has 2 heterocycles. The van der Waals surface area contributed by atoms with E-state index >= 15 is 0 Å². The Balaban J connectivity index is 1.46. The molecular weight excluding hydrogens is 483 g/mol. The summed E-state index contributed by atoms with van der Waals surface area (Å²) in [5.74, 6) is -1.66. The smallest absolute Gasteiger partial charge is 0.416 e. The van der Waals surface area contributed by atoms with Gasteiger partial charge in [-0.25, -0.2) is 0 Å². The van der Waals surface area contributed by atoms with E-state index < -0.39 is 23.6 Å². The maximum absolute atomic E-state index is 13.7. The highest BCUT2D eigenvalue weighted by atomic mass is 19.4. The summed E-state index contributed by atoms with van der Waals surface area (Å²) in [5.41, 5.74) is 0.488. The van der Waals surface area contributed by atoms with Crippen molar-refractivity contribution in [2.75, 3.05) is 6.54 Å². The molecule has 37 heavy (non-hydrogen) atoms. The molecule has 1 aliphatic carbocycles. The van der Waals surface area contributed by atoms with E-state index in [1.54, 1.807) is 29.2 Å². The summed E-state index contributed by atoms with van der Waals surface area (Å²) in [6.45, 7) is 0.662. The van der Waals surface area contributed by atoms with Gasteiger partial charge in [0.2, 0.25) is 0 Å². The summed E-state index contributed by atoms with van der Waals surface area (Å²) in [7, 11) is 0. The van der Waals surface area contributed by atoms with Crippen LogP contribution in [0, 0.1) is 11.8 Å². The highest BCUT2D eigenvalue weighted by Gasteiger charge is 2.33. The molecule has 0 saturated heterocycles. The van der Waals surface area contributed by atoms with Crippen LogP contribution < -0.4 is 5.32 Å². The molecule has 0 radical (unpaired) electrons. The van der Waals surface area contributed by atoms with E-state index in [4.69, 9.17) is 0 Å². The number of carbonyl (C=O) groups is 2. The first-order valence-electron chi connectivity index (χ1n) is 12.2. The van der Waals surface area contributed by atoms with E-state index in [2.05, 4.69) is 10.3 Å². The molecule has 9 heteroatoms. The lowest BCUT2D eigenvalue weighted by Gasteiger charge is -2.26. The number of rotatable bonds is 6. The lowest BCUT2D eigenvalue weighted by atomic mass is 9.82. The van der Waals surface area contributed by atoms with Gasteiger partial charge < -0.3 is 15.0 Å². The third-order valence-corrected chi connectivity index (χ3v) is 7.29. The third kappa shape index (κ3) is 5.16. The minimum Gasteiger partial charge on any atom is -0.481 e. The molecule has 1 aliphatic rings. The number of carboxylic acid groups (broad SMARTS) is 1. The Morgan fingerprint density at radius 3 is 2.57 bits per heavy atom. The molecule has 1 amide bonds. The molecule has 0 aliphatic heterocycles. The number of carbonyl (C=O) groups excluding carboxylic acids is 1. The van der Waals surface area contributed by atoms with Gasteiger partial charge in [0.15, 0.2) is 0 Å². The number of hydrogen-bond donors (Lipinski definition) is 2. The molecule has 4 aromatic rings. The van der Waals surface area contributed by atoms with Gasteiger partial charge >= 0.3 is 12.1 Å². The molecule has 0 unspecified atom stereocenters. The zero-order valence-corrected chi connectivity index (χ0v) is 20.0. The predicted octanol–water partition coefficient (Wildman–Crippen LogP) is 5.88. The minimum atomic E-state index is -4.59. The quantitative estimate of drug-likeness (QED) is 0.340. The van der Waals surface area contributed by atoms with Crippen LogP contribution in [-0.2, 0) is 17.5 Å². The zero-order chi connectivity index (χ0) is 26.2. The number of aliphatic carboxylic acids is 1. The number of amides is 1. The number of pyridine rings is 1. The van der Waals surface area contributed by atoms with Crippen molar-refractivity contribution in [3.05, 3.63) is 77.7 Å². The Morgan fingerprint density at radius 1 is 1.05 bits per heavy atom. The Morgan fingerprint density at radius 2 is 1.84 bits per heavy atom. The van der Waals surface area contributed by atoms with Crippen LogP contribution >= 0.6 is 0 Å². The number of benzene rings is 2. The number of nitrogens with zero attached hydrogens (tertiary/aromatic N) is 2. The summed E-state index contributed by atoms with van der Waals surface area (Å²) < 4.78 is 42.8. The van der Waals surface area contributed by atoms with Crippen LogP contribution in [0.15, 0.2) is 61.1 Å². The van der Waals surface area contributed by atoms with Crippen molar-refractivity contribution in [3.8, 4) is 0 Å². The summed E-state index contributed by atoms with van der Waals surface area (Å²) in [6, 6.07) is 11.3. The lowest BCUT2D eigenvalue weighted by Crippen LogP contribution is -2.32. The van der Waals surface area contributed by atoms with Gasteiger partial charge in [-0.05, 0) is 66.8 Å².